The molecular weight excluding hydrogens is 524 g/mol. The topological polar surface area (TPSA) is 76.0 Å². The van der Waals surface area contributed by atoms with Crippen molar-refractivity contribution in [1.82, 2.24) is 5.01 Å². The van der Waals surface area contributed by atoms with Gasteiger partial charge in [-0.2, -0.15) is 5.10 Å². The number of ether oxygens (including phenoxy) is 1. The van der Waals surface area contributed by atoms with E-state index in [1.54, 1.807) is 79.0 Å². The predicted molar refractivity (Wildman–Crippen MR) is 151 cm³/mol. The Hall–Kier alpha value is -4.55. The summed E-state index contributed by atoms with van der Waals surface area (Å²) in [5, 5.41) is 6.97. The van der Waals surface area contributed by atoms with Gasteiger partial charge in [-0.25, -0.2) is 0 Å². The number of rotatable bonds is 4. The summed E-state index contributed by atoms with van der Waals surface area (Å²) in [5.41, 5.74) is 1.84. The van der Waals surface area contributed by atoms with Crippen LogP contribution in [-0.2, 0) is 0 Å². The molecule has 4 aromatic rings. The summed E-state index contributed by atoms with van der Waals surface area (Å²) in [5.74, 6) is -1.02. The van der Waals surface area contributed by atoms with Gasteiger partial charge in [0.2, 0.25) is 0 Å². The molecule has 7 rings (SSSR count). The Labute approximate surface area is 235 Å². The standard InChI is InChI=1S/C33H23ClN2O4/c1-40-23-16-12-19(13-17-23)27-28(29(37)20-10-14-22(34)15-11-20)36-30(24-7-3-2-6-21(24)18-35-36)33(27)31(38)25-8-4-5-9-26(25)32(33)39/h2-18,27-28,30H,1H3/t27-,28-,30-/m1/s1. The molecule has 1 saturated heterocycles. The minimum Gasteiger partial charge on any atom is -0.497 e. The van der Waals surface area contributed by atoms with Gasteiger partial charge < -0.3 is 4.74 Å². The van der Waals surface area contributed by atoms with E-state index in [9.17, 15) is 14.4 Å². The van der Waals surface area contributed by atoms with Crippen molar-refractivity contribution in [3.05, 3.63) is 135 Å². The van der Waals surface area contributed by atoms with Crippen LogP contribution in [0.4, 0.5) is 0 Å². The fourth-order valence-corrected chi connectivity index (χ4v) is 6.87. The molecular formula is C33H23ClN2O4. The van der Waals surface area contributed by atoms with Crippen LogP contribution in [-0.4, -0.2) is 41.7 Å². The molecule has 1 fully saturated rings. The van der Waals surface area contributed by atoms with Crippen LogP contribution in [0, 0.1) is 5.41 Å². The average molecular weight is 547 g/mol. The van der Waals surface area contributed by atoms with Crippen LogP contribution in [0.1, 0.15) is 59.7 Å². The van der Waals surface area contributed by atoms with Crippen LogP contribution < -0.4 is 4.74 Å². The second-order valence-corrected chi connectivity index (χ2v) is 10.7. The first-order chi connectivity index (χ1) is 19.5. The van der Waals surface area contributed by atoms with Crippen molar-refractivity contribution in [2.75, 3.05) is 7.11 Å². The smallest absolute Gasteiger partial charge is 0.187 e. The zero-order valence-electron chi connectivity index (χ0n) is 21.5. The second-order valence-electron chi connectivity index (χ2n) is 10.3. The van der Waals surface area contributed by atoms with E-state index in [0.29, 0.717) is 33.0 Å². The van der Waals surface area contributed by atoms with Crippen molar-refractivity contribution in [2.24, 2.45) is 10.5 Å². The molecule has 0 unspecified atom stereocenters. The van der Waals surface area contributed by atoms with E-state index in [1.165, 1.54) is 0 Å². The van der Waals surface area contributed by atoms with Crippen molar-refractivity contribution in [1.29, 1.82) is 0 Å². The molecule has 6 nitrogen and oxygen atoms in total. The first-order valence-electron chi connectivity index (χ1n) is 13.0. The Morgan fingerprint density at radius 2 is 1.48 bits per heavy atom. The molecule has 0 saturated carbocycles. The lowest BCUT2D eigenvalue weighted by atomic mass is 9.63. The van der Waals surface area contributed by atoms with Crippen LogP contribution in [0.25, 0.3) is 0 Å². The van der Waals surface area contributed by atoms with Crippen molar-refractivity contribution < 1.29 is 19.1 Å². The third-order valence-corrected chi connectivity index (χ3v) is 8.70. The Morgan fingerprint density at radius 1 is 0.850 bits per heavy atom. The van der Waals surface area contributed by atoms with Crippen LogP contribution >= 0.6 is 11.6 Å². The zero-order valence-corrected chi connectivity index (χ0v) is 22.2. The lowest BCUT2D eigenvalue weighted by Crippen LogP contribution is -2.43. The molecule has 1 aliphatic carbocycles. The third-order valence-electron chi connectivity index (χ3n) is 8.45. The fraction of sp³-hybridized carbons (Fsp3) is 0.152. The van der Waals surface area contributed by atoms with Gasteiger partial charge in [-0.1, -0.05) is 72.3 Å². The summed E-state index contributed by atoms with van der Waals surface area (Å²) in [6, 6.07) is 26.8. The highest BCUT2D eigenvalue weighted by molar-refractivity contribution is 6.32. The molecule has 3 atom stereocenters. The number of fused-ring (bicyclic) bond motifs is 5. The second kappa shape index (κ2) is 9.00. The molecule has 0 radical (unpaired) electrons. The van der Waals surface area contributed by atoms with Crippen LogP contribution in [0.5, 0.6) is 5.75 Å². The summed E-state index contributed by atoms with van der Waals surface area (Å²) in [7, 11) is 1.57. The summed E-state index contributed by atoms with van der Waals surface area (Å²) in [4.78, 5) is 43.9. The van der Waals surface area contributed by atoms with Gasteiger partial charge in [-0.3, -0.25) is 19.4 Å². The number of nitrogens with zero attached hydrogens (tertiary/aromatic N) is 2. The van der Waals surface area contributed by atoms with Gasteiger partial charge in [-0.05, 0) is 53.1 Å². The molecule has 40 heavy (non-hydrogen) atoms. The van der Waals surface area contributed by atoms with E-state index in [0.717, 1.165) is 11.1 Å². The fourth-order valence-electron chi connectivity index (χ4n) is 6.75. The maximum absolute atomic E-state index is 14.7. The SMILES string of the molecule is COc1ccc([C@@H]2[C@H](C(=O)c3ccc(Cl)cc3)N3N=Cc4ccccc4[C@@H]3C23C(=O)c2ccccc2C3=O)cc1. The average Bonchev–Trinajstić information content (AvgIpc) is 3.43. The Morgan fingerprint density at radius 3 is 2.12 bits per heavy atom. The summed E-state index contributed by atoms with van der Waals surface area (Å²) >= 11 is 6.14. The Bertz CT molecular complexity index is 1690. The van der Waals surface area contributed by atoms with E-state index in [4.69, 9.17) is 21.4 Å². The van der Waals surface area contributed by atoms with Gasteiger partial charge in [0.1, 0.15) is 17.2 Å². The van der Waals surface area contributed by atoms with Gasteiger partial charge in [0.05, 0.1) is 19.4 Å². The number of hydrogen-bond donors (Lipinski definition) is 0. The number of hydrazone groups is 1. The third kappa shape index (κ3) is 3.23. The van der Waals surface area contributed by atoms with Crippen LogP contribution in [0.3, 0.4) is 0 Å². The summed E-state index contributed by atoms with van der Waals surface area (Å²) in [6.45, 7) is 0. The lowest BCUT2D eigenvalue weighted by Gasteiger charge is -2.36. The van der Waals surface area contributed by atoms with Crippen molar-refractivity contribution in [3.8, 4) is 5.75 Å². The van der Waals surface area contributed by atoms with E-state index >= 15 is 0 Å². The largest absolute Gasteiger partial charge is 0.497 e. The lowest BCUT2D eigenvalue weighted by molar-refractivity contribution is 0.0586. The summed E-state index contributed by atoms with van der Waals surface area (Å²) < 4.78 is 5.39. The number of hydrogen-bond acceptors (Lipinski definition) is 6. The van der Waals surface area contributed by atoms with E-state index < -0.39 is 23.4 Å². The molecule has 0 bridgehead atoms. The van der Waals surface area contributed by atoms with E-state index in [1.807, 2.05) is 36.4 Å². The van der Waals surface area contributed by atoms with Crippen molar-refractivity contribution in [3.63, 3.8) is 0 Å². The zero-order chi connectivity index (χ0) is 27.6. The first-order valence-corrected chi connectivity index (χ1v) is 13.4. The Kier molecular flexibility index (Phi) is 5.51. The van der Waals surface area contributed by atoms with Crippen molar-refractivity contribution in [2.45, 2.75) is 18.0 Å². The molecule has 0 N–H and O–H groups in total. The Balaban J connectivity index is 1.54. The highest BCUT2D eigenvalue weighted by atomic mass is 35.5. The number of carbonyl (C=O) groups is 3. The molecule has 2 aliphatic heterocycles. The molecule has 0 amide bonds. The highest BCUT2D eigenvalue weighted by Gasteiger charge is 2.72. The van der Waals surface area contributed by atoms with Crippen LogP contribution in [0.2, 0.25) is 5.02 Å². The monoisotopic (exact) mass is 546 g/mol. The van der Waals surface area contributed by atoms with E-state index in [2.05, 4.69) is 0 Å². The number of halogens is 1. The molecule has 0 aromatic heterocycles. The molecule has 2 heterocycles. The maximum atomic E-state index is 14.7. The number of Topliss-reactive ketones (excluding diaryl/α,β-unsaturated/α-hetero) is 3. The summed E-state index contributed by atoms with van der Waals surface area (Å²) in [6.07, 6.45) is 1.70. The number of carbonyl (C=O) groups excluding carboxylic acids is 3. The van der Waals surface area contributed by atoms with Gasteiger partial charge in [0.15, 0.2) is 17.3 Å². The van der Waals surface area contributed by atoms with Gasteiger partial charge in [0, 0.05) is 27.6 Å². The number of benzene rings is 4. The van der Waals surface area contributed by atoms with Gasteiger partial charge >= 0.3 is 0 Å². The van der Waals surface area contributed by atoms with E-state index in [-0.39, 0.29) is 17.3 Å². The normalized spacial score (nSPS) is 21.8. The maximum Gasteiger partial charge on any atom is 0.187 e. The molecule has 1 spiro atoms. The van der Waals surface area contributed by atoms with Crippen LogP contribution in [0.15, 0.2) is 102 Å². The quantitative estimate of drug-likeness (QED) is 0.226. The number of methoxy groups -OCH3 is 1. The predicted octanol–water partition coefficient (Wildman–Crippen LogP) is 6.15. The van der Waals surface area contributed by atoms with Crippen molar-refractivity contribution >= 4 is 35.2 Å². The minimum absolute atomic E-state index is 0.243. The highest BCUT2D eigenvalue weighted by Crippen LogP contribution is 2.64. The molecule has 196 valence electrons. The first kappa shape index (κ1) is 24.5. The molecule has 7 heteroatoms. The minimum atomic E-state index is -1.61. The molecule has 3 aliphatic rings. The molecule has 4 aromatic carbocycles. The number of ketones is 3. The van der Waals surface area contributed by atoms with Gasteiger partial charge in [0.25, 0.3) is 0 Å². The van der Waals surface area contributed by atoms with Gasteiger partial charge in [-0.15, -0.1) is 0 Å².